The Morgan fingerprint density at radius 3 is 2.63 bits per heavy atom. The van der Waals surface area contributed by atoms with Gasteiger partial charge >= 0.3 is 12.1 Å². The van der Waals surface area contributed by atoms with Crippen molar-refractivity contribution in [3.8, 4) is 0 Å². The number of aliphatic carboxylic acids is 1. The molecular weight excluding hydrogens is 252 g/mol. The minimum atomic E-state index is -1.14. The van der Waals surface area contributed by atoms with Crippen molar-refractivity contribution < 1.29 is 19.4 Å². The summed E-state index contributed by atoms with van der Waals surface area (Å²) < 4.78 is 4.83. The average Bonchev–Trinajstić information content (AvgIpc) is 2.38. The Morgan fingerprint density at radius 2 is 2.11 bits per heavy atom. The lowest BCUT2D eigenvalue weighted by Crippen LogP contribution is -2.38. The summed E-state index contributed by atoms with van der Waals surface area (Å²) in [5.41, 5.74) is 9.37. The number of ether oxygens (including phenoxy) is 1. The van der Waals surface area contributed by atoms with Crippen molar-refractivity contribution in [1.82, 2.24) is 5.32 Å². The Labute approximate surface area is 108 Å². The molecule has 1 aromatic carbocycles. The van der Waals surface area contributed by atoms with Crippen molar-refractivity contribution in [1.29, 1.82) is 0 Å². The predicted octanol–water partition coefficient (Wildman–Crippen LogP) is 2.33. The minimum Gasteiger partial charge on any atom is -0.480 e. The Bertz CT molecular complexity index is 508. The summed E-state index contributed by atoms with van der Waals surface area (Å²) in [5.74, 6) is -1.14. The van der Waals surface area contributed by atoms with E-state index in [1.54, 1.807) is 24.3 Å². The van der Waals surface area contributed by atoms with Crippen LogP contribution in [-0.2, 0) is 16.1 Å². The first-order chi connectivity index (χ1) is 9.02. The van der Waals surface area contributed by atoms with Crippen molar-refractivity contribution in [2.75, 3.05) is 0 Å². The minimum absolute atomic E-state index is 0.00524. The first-order valence-corrected chi connectivity index (χ1v) is 5.33. The molecule has 0 heterocycles. The van der Waals surface area contributed by atoms with E-state index in [4.69, 9.17) is 15.4 Å². The fraction of sp³-hybridized carbons (Fsp3) is 0.273. The van der Waals surface area contributed by atoms with Gasteiger partial charge in [-0.15, -0.1) is 0 Å². The number of nitrogens with one attached hydrogen (secondary N) is 1. The van der Waals surface area contributed by atoms with E-state index >= 15 is 0 Å². The number of azide groups is 1. The summed E-state index contributed by atoms with van der Waals surface area (Å²) >= 11 is 0. The van der Waals surface area contributed by atoms with E-state index in [0.29, 0.717) is 11.3 Å². The van der Waals surface area contributed by atoms with Gasteiger partial charge in [0.1, 0.15) is 12.6 Å². The van der Waals surface area contributed by atoms with Crippen molar-refractivity contribution in [3.05, 3.63) is 40.3 Å². The molecule has 8 nitrogen and oxygen atoms in total. The third-order valence-corrected chi connectivity index (χ3v) is 2.17. The van der Waals surface area contributed by atoms with Gasteiger partial charge in [-0.05, 0) is 18.0 Å². The summed E-state index contributed by atoms with van der Waals surface area (Å²) in [6.07, 6.45) is -0.811. The van der Waals surface area contributed by atoms with E-state index in [1.807, 2.05) is 0 Å². The van der Waals surface area contributed by atoms with E-state index in [2.05, 4.69) is 15.3 Å². The van der Waals surface area contributed by atoms with Crippen LogP contribution in [0.1, 0.15) is 12.5 Å². The number of carboxylic acid groups (broad SMARTS) is 1. The number of carbonyl (C=O) groups excluding carboxylic acids is 1. The Hall–Kier alpha value is -2.73. The fourth-order valence-electron chi connectivity index (χ4n) is 1.14. The van der Waals surface area contributed by atoms with Gasteiger partial charge in [0.25, 0.3) is 0 Å². The number of hydrogen-bond donors (Lipinski definition) is 2. The zero-order chi connectivity index (χ0) is 14.3. The number of carboxylic acids is 1. The molecule has 1 aromatic rings. The summed E-state index contributed by atoms with van der Waals surface area (Å²) in [6, 6.07) is 5.42. The standard InChI is InChI=1S/C11H12N4O4/c1-7(10(16)17)13-11(18)19-6-8-2-4-9(5-3-8)14-15-12/h2-5,7H,6H2,1H3,(H,13,18)(H,16,17)/t7-/m1/s1. The van der Waals surface area contributed by atoms with Crippen LogP contribution in [0.15, 0.2) is 29.4 Å². The third kappa shape index (κ3) is 4.97. The normalized spacial score (nSPS) is 11.0. The molecule has 0 saturated heterocycles. The number of rotatable bonds is 5. The number of alkyl carbamates (subject to hydrolysis) is 1. The van der Waals surface area contributed by atoms with Crippen LogP contribution < -0.4 is 5.32 Å². The van der Waals surface area contributed by atoms with Crippen molar-refractivity contribution in [2.45, 2.75) is 19.6 Å². The highest BCUT2D eigenvalue weighted by Gasteiger charge is 2.14. The predicted molar refractivity (Wildman–Crippen MR) is 65.7 cm³/mol. The van der Waals surface area contributed by atoms with Gasteiger partial charge in [0.2, 0.25) is 0 Å². The Kier molecular flexibility index (Phi) is 5.18. The highest BCUT2D eigenvalue weighted by Crippen LogP contribution is 2.13. The quantitative estimate of drug-likeness (QED) is 0.481. The summed E-state index contributed by atoms with van der Waals surface area (Å²) in [4.78, 5) is 24.4. The molecule has 0 bridgehead atoms. The van der Waals surface area contributed by atoms with E-state index in [0.717, 1.165) is 0 Å². The number of amides is 1. The van der Waals surface area contributed by atoms with Crippen LogP contribution >= 0.6 is 0 Å². The molecule has 0 fully saturated rings. The van der Waals surface area contributed by atoms with Gasteiger partial charge in [0.15, 0.2) is 0 Å². The second-order valence-electron chi connectivity index (χ2n) is 3.64. The van der Waals surface area contributed by atoms with Crippen LogP contribution in [0.4, 0.5) is 10.5 Å². The lowest BCUT2D eigenvalue weighted by atomic mass is 10.2. The highest BCUT2D eigenvalue weighted by molar-refractivity contribution is 5.79. The van der Waals surface area contributed by atoms with Gasteiger partial charge in [0.05, 0.1) is 0 Å². The molecule has 0 spiro atoms. The van der Waals surface area contributed by atoms with Gasteiger partial charge in [-0.3, -0.25) is 4.79 Å². The van der Waals surface area contributed by atoms with E-state index in [-0.39, 0.29) is 6.61 Å². The van der Waals surface area contributed by atoms with E-state index < -0.39 is 18.1 Å². The molecule has 19 heavy (non-hydrogen) atoms. The van der Waals surface area contributed by atoms with Gasteiger partial charge < -0.3 is 15.2 Å². The van der Waals surface area contributed by atoms with Crippen molar-refractivity contribution >= 4 is 17.7 Å². The number of carbonyl (C=O) groups is 2. The maximum absolute atomic E-state index is 11.2. The average molecular weight is 264 g/mol. The molecule has 2 N–H and O–H groups in total. The lowest BCUT2D eigenvalue weighted by molar-refractivity contribution is -0.138. The number of hydrogen-bond acceptors (Lipinski definition) is 4. The molecule has 0 saturated carbocycles. The first-order valence-electron chi connectivity index (χ1n) is 5.33. The summed E-state index contributed by atoms with van der Waals surface area (Å²) in [7, 11) is 0. The maximum atomic E-state index is 11.2. The lowest BCUT2D eigenvalue weighted by Gasteiger charge is -2.10. The monoisotopic (exact) mass is 264 g/mol. The van der Waals surface area contributed by atoms with Crippen LogP contribution in [-0.4, -0.2) is 23.2 Å². The largest absolute Gasteiger partial charge is 0.480 e. The van der Waals surface area contributed by atoms with Gasteiger partial charge in [-0.2, -0.15) is 0 Å². The molecule has 1 rings (SSSR count). The van der Waals surface area contributed by atoms with Crippen LogP contribution in [0.25, 0.3) is 10.4 Å². The van der Waals surface area contributed by atoms with E-state index in [9.17, 15) is 9.59 Å². The Morgan fingerprint density at radius 1 is 1.47 bits per heavy atom. The van der Waals surface area contributed by atoms with E-state index in [1.165, 1.54) is 6.92 Å². The maximum Gasteiger partial charge on any atom is 0.408 e. The zero-order valence-corrected chi connectivity index (χ0v) is 10.1. The summed E-state index contributed by atoms with van der Waals surface area (Å²) in [6.45, 7) is 1.33. The SMILES string of the molecule is C[C@@H](NC(=O)OCc1ccc(N=[N+]=[N-])cc1)C(=O)O. The first kappa shape index (κ1) is 14.3. The molecule has 1 atom stereocenters. The molecule has 0 aliphatic rings. The van der Waals surface area contributed by atoms with Crippen LogP contribution in [0.5, 0.6) is 0 Å². The number of benzene rings is 1. The molecule has 0 radical (unpaired) electrons. The highest BCUT2D eigenvalue weighted by atomic mass is 16.5. The fourth-order valence-corrected chi connectivity index (χ4v) is 1.14. The third-order valence-electron chi connectivity index (χ3n) is 2.17. The van der Waals surface area contributed by atoms with Crippen LogP contribution in [0.2, 0.25) is 0 Å². The smallest absolute Gasteiger partial charge is 0.408 e. The van der Waals surface area contributed by atoms with Gasteiger partial charge in [-0.1, -0.05) is 29.4 Å². The second-order valence-corrected chi connectivity index (χ2v) is 3.64. The molecule has 0 aliphatic carbocycles. The summed E-state index contributed by atoms with van der Waals surface area (Å²) in [5, 5.41) is 14.1. The second kappa shape index (κ2) is 6.87. The molecular formula is C11H12N4O4. The molecule has 8 heteroatoms. The van der Waals surface area contributed by atoms with Gasteiger partial charge in [0, 0.05) is 10.6 Å². The van der Waals surface area contributed by atoms with Gasteiger partial charge in [-0.25, -0.2) is 4.79 Å². The Balaban J connectivity index is 2.46. The topological polar surface area (TPSA) is 124 Å². The van der Waals surface area contributed by atoms with Crippen molar-refractivity contribution in [3.63, 3.8) is 0 Å². The zero-order valence-electron chi connectivity index (χ0n) is 10.1. The molecule has 0 aliphatic heterocycles. The molecule has 0 aromatic heterocycles. The molecule has 1 amide bonds. The van der Waals surface area contributed by atoms with Crippen LogP contribution in [0, 0.1) is 0 Å². The molecule has 100 valence electrons. The van der Waals surface area contributed by atoms with Crippen LogP contribution in [0.3, 0.4) is 0 Å². The molecule has 0 unspecified atom stereocenters. The number of nitrogens with zero attached hydrogens (tertiary/aromatic N) is 3. The van der Waals surface area contributed by atoms with Crippen molar-refractivity contribution in [2.24, 2.45) is 5.11 Å².